The van der Waals surface area contributed by atoms with Crippen molar-refractivity contribution in [3.63, 3.8) is 0 Å². The van der Waals surface area contributed by atoms with Gasteiger partial charge in [0, 0.05) is 0 Å². The molecule has 0 amide bonds. The van der Waals surface area contributed by atoms with Crippen LogP contribution in [0.5, 0.6) is 0 Å². The van der Waals surface area contributed by atoms with Gasteiger partial charge in [-0.1, -0.05) is 6.42 Å². The Balaban J connectivity index is 1.98. The topological polar surface area (TPSA) is 52.5 Å². The van der Waals surface area contributed by atoms with Crippen molar-refractivity contribution in [3.8, 4) is 0 Å². The average molecular weight is 171 g/mol. The van der Waals surface area contributed by atoms with Gasteiger partial charge in [0.25, 0.3) is 0 Å². The molecule has 3 N–H and O–H groups in total. The molecule has 1 rings (SSSR count). The molecule has 1 aliphatic rings. The maximum absolute atomic E-state index is 8.62. The Labute approximate surface area is 74.3 Å². The number of rotatable bonds is 4. The third kappa shape index (κ3) is 4.09. The van der Waals surface area contributed by atoms with Crippen molar-refractivity contribution in [1.82, 2.24) is 5.32 Å². The Morgan fingerprint density at radius 1 is 1.42 bits per heavy atom. The van der Waals surface area contributed by atoms with Gasteiger partial charge in [0.2, 0.25) is 0 Å². The fourth-order valence-electron chi connectivity index (χ4n) is 1.76. The van der Waals surface area contributed by atoms with E-state index in [0.717, 1.165) is 31.8 Å². The normalized spacial score (nSPS) is 24.0. The van der Waals surface area contributed by atoms with E-state index in [4.69, 9.17) is 10.0 Å². The van der Waals surface area contributed by atoms with Gasteiger partial charge in [0.1, 0.15) is 0 Å². The highest BCUT2D eigenvalue weighted by Gasteiger charge is 2.13. The first-order chi connectivity index (χ1) is 5.79. The standard InChI is InChI=1S/C8H18BNO2/c11-9(12)5-1-3-8-4-2-6-10-7-8/h8,10-12H,1-7H2/t8-/m1/s1. The van der Waals surface area contributed by atoms with Crippen LogP contribution in [0.1, 0.15) is 25.7 Å². The highest BCUT2D eigenvalue weighted by atomic mass is 16.4. The zero-order chi connectivity index (χ0) is 8.81. The van der Waals surface area contributed by atoms with Gasteiger partial charge in [-0.05, 0) is 44.6 Å². The predicted octanol–water partition coefficient (Wildman–Crippen LogP) is 0.239. The first kappa shape index (κ1) is 10.0. The molecule has 0 spiro atoms. The van der Waals surface area contributed by atoms with Crippen molar-refractivity contribution in [2.24, 2.45) is 5.92 Å². The minimum atomic E-state index is -1.11. The van der Waals surface area contributed by atoms with Gasteiger partial charge in [-0.25, -0.2) is 0 Å². The summed E-state index contributed by atoms with van der Waals surface area (Å²) in [5, 5.41) is 20.6. The van der Waals surface area contributed by atoms with Crippen LogP contribution in [0.25, 0.3) is 0 Å². The summed E-state index contributed by atoms with van der Waals surface area (Å²) in [6.07, 6.45) is 5.16. The van der Waals surface area contributed by atoms with Crippen molar-refractivity contribution in [2.45, 2.75) is 32.0 Å². The van der Waals surface area contributed by atoms with Crippen LogP contribution in [0.3, 0.4) is 0 Å². The largest absolute Gasteiger partial charge is 0.451 e. The molecule has 0 unspecified atom stereocenters. The highest BCUT2D eigenvalue weighted by Crippen LogP contribution is 2.17. The molecule has 1 saturated heterocycles. The van der Waals surface area contributed by atoms with Gasteiger partial charge in [-0.2, -0.15) is 0 Å². The predicted molar refractivity (Wildman–Crippen MR) is 49.8 cm³/mol. The Hall–Kier alpha value is -0.0551. The lowest BCUT2D eigenvalue weighted by Gasteiger charge is -2.22. The molecule has 1 aliphatic heterocycles. The van der Waals surface area contributed by atoms with Crippen molar-refractivity contribution < 1.29 is 10.0 Å². The zero-order valence-electron chi connectivity index (χ0n) is 7.50. The minimum Gasteiger partial charge on any atom is -0.427 e. The molecule has 1 heterocycles. The van der Waals surface area contributed by atoms with Crippen LogP contribution in [0.4, 0.5) is 0 Å². The van der Waals surface area contributed by atoms with E-state index in [2.05, 4.69) is 5.32 Å². The second-order valence-corrected chi connectivity index (χ2v) is 3.62. The third-order valence-corrected chi connectivity index (χ3v) is 2.47. The van der Waals surface area contributed by atoms with Crippen molar-refractivity contribution in [2.75, 3.05) is 13.1 Å². The summed E-state index contributed by atoms with van der Waals surface area (Å²) in [5.41, 5.74) is 0. The summed E-state index contributed by atoms with van der Waals surface area (Å²) in [7, 11) is -1.11. The van der Waals surface area contributed by atoms with E-state index in [9.17, 15) is 0 Å². The van der Waals surface area contributed by atoms with E-state index in [1.54, 1.807) is 0 Å². The lowest BCUT2D eigenvalue weighted by atomic mass is 9.81. The van der Waals surface area contributed by atoms with Gasteiger partial charge in [-0.3, -0.25) is 0 Å². The van der Waals surface area contributed by atoms with Crippen molar-refractivity contribution in [1.29, 1.82) is 0 Å². The summed E-state index contributed by atoms with van der Waals surface area (Å²) in [5.74, 6) is 0.762. The fourth-order valence-corrected chi connectivity index (χ4v) is 1.76. The summed E-state index contributed by atoms with van der Waals surface area (Å²) in [6.45, 7) is 2.26. The smallest absolute Gasteiger partial charge is 0.427 e. The molecule has 70 valence electrons. The second-order valence-electron chi connectivity index (χ2n) is 3.62. The van der Waals surface area contributed by atoms with Crippen LogP contribution in [-0.2, 0) is 0 Å². The minimum absolute atomic E-state index is 0.524. The molecule has 4 heteroatoms. The SMILES string of the molecule is OB(O)CCC[C@@H]1CCCNC1. The molecule has 12 heavy (non-hydrogen) atoms. The third-order valence-electron chi connectivity index (χ3n) is 2.47. The lowest BCUT2D eigenvalue weighted by Crippen LogP contribution is -2.29. The van der Waals surface area contributed by atoms with Gasteiger partial charge >= 0.3 is 7.12 Å². The molecule has 0 aromatic carbocycles. The molecule has 1 fully saturated rings. The summed E-state index contributed by atoms with van der Waals surface area (Å²) < 4.78 is 0. The van der Waals surface area contributed by atoms with E-state index in [1.807, 2.05) is 0 Å². The summed E-state index contributed by atoms with van der Waals surface area (Å²) >= 11 is 0. The molecule has 0 saturated carbocycles. The monoisotopic (exact) mass is 171 g/mol. The maximum atomic E-state index is 8.62. The first-order valence-corrected chi connectivity index (χ1v) is 4.86. The molecule has 0 bridgehead atoms. The maximum Gasteiger partial charge on any atom is 0.451 e. The second kappa shape index (κ2) is 5.57. The van der Waals surface area contributed by atoms with Crippen molar-refractivity contribution in [3.05, 3.63) is 0 Å². The molecule has 1 atom stereocenters. The highest BCUT2D eigenvalue weighted by molar-refractivity contribution is 6.40. The zero-order valence-corrected chi connectivity index (χ0v) is 7.50. The molecule has 3 nitrogen and oxygen atoms in total. The van der Waals surface area contributed by atoms with Crippen molar-refractivity contribution >= 4 is 7.12 Å². The van der Waals surface area contributed by atoms with E-state index in [0.29, 0.717) is 6.32 Å². The molecule has 0 aromatic rings. The summed E-state index contributed by atoms with van der Waals surface area (Å²) in [4.78, 5) is 0. The van der Waals surface area contributed by atoms with E-state index in [1.165, 1.54) is 12.8 Å². The average Bonchev–Trinajstić information content (AvgIpc) is 2.05. The van der Waals surface area contributed by atoms with Gasteiger partial charge in [0.15, 0.2) is 0 Å². The van der Waals surface area contributed by atoms with E-state index >= 15 is 0 Å². The van der Waals surface area contributed by atoms with E-state index < -0.39 is 7.12 Å². The van der Waals surface area contributed by atoms with E-state index in [-0.39, 0.29) is 0 Å². The lowest BCUT2D eigenvalue weighted by molar-refractivity contribution is 0.347. The van der Waals surface area contributed by atoms with Crippen LogP contribution in [0, 0.1) is 5.92 Å². The number of piperidine rings is 1. The van der Waals surface area contributed by atoms with Gasteiger partial charge in [-0.15, -0.1) is 0 Å². The number of hydrogen-bond acceptors (Lipinski definition) is 3. The summed E-state index contributed by atoms with van der Waals surface area (Å²) in [6, 6.07) is 0. The molecular formula is C8H18BNO2. The molecule has 0 radical (unpaired) electrons. The van der Waals surface area contributed by atoms with Crippen LogP contribution in [0.15, 0.2) is 0 Å². The number of nitrogens with one attached hydrogen (secondary N) is 1. The van der Waals surface area contributed by atoms with Crippen LogP contribution < -0.4 is 5.32 Å². The van der Waals surface area contributed by atoms with Gasteiger partial charge in [0.05, 0.1) is 0 Å². The van der Waals surface area contributed by atoms with Crippen LogP contribution >= 0.6 is 0 Å². The van der Waals surface area contributed by atoms with Crippen LogP contribution in [0.2, 0.25) is 6.32 Å². The first-order valence-electron chi connectivity index (χ1n) is 4.86. The molecular weight excluding hydrogens is 153 g/mol. The Morgan fingerprint density at radius 2 is 2.25 bits per heavy atom. The Morgan fingerprint density at radius 3 is 2.83 bits per heavy atom. The Bertz CT molecular complexity index is 116. The molecule has 0 aromatic heterocycles. The molecule has 0 aliphatic carbocycles. The van der Waals surface area contributed by atoms with Gasteiger partial charge < -0.3 is 15.4 Å². The quantitative estimate of drug-likeness (QED) is 0.531. The van der Waals surface area contributed by atoms with Crippen LogP contribution in [-0.4, -0.2) is 30.3 Å². The Kier molecular flexibility index (Phi) is 4.65. The number of hydrogen-bond donors (Lipinski definition) is 3. The fraction of sp³-hybridized carbons (Fsp3) is 1.00.